The molecule has 0 saturated heterocycles. The molecule has 0 spiro atoms. The molecule has 0 heterocycles. The summed E-state index contributed by atoms with van der Waals surface area (Å²) in [6, 6.07) is 2.12. The van der Waals surface area contributed by atoms with Crippen molar-refractivity contribution in [2.24, 2.45) is 4.99 Å². The van der Waals surface area contributed by atoms with Crippen molar-refractivity contribution < 1.29 is 18.3 Å². The monoisotopic (exact) mass is 307 g/mol. The van der Waals surface area contributed by atoms with E-state index in [1.165, 1.54) is 20.4 Å². The molecule has 0 aliphatic rings. The Balaban J connectivity index is 2.74. The molecule has 0 bridgehead atoms. The minimum absolute atomic E-state index is 0.276. The zero-order valence-electron chi connectivity index (χ0n) is 9.41. The Morgan fingerprint density at radius 3 is 2.47 bits per heavy atom. The quantitative estimate of drug-likeness (QED) is 0.476. The van der Waals surface area contributed by atoms with Crippen molar-refractivity contribution in [3.8, 4) is 0 Å². The molecule has 1 rings (SSSR count). The molecular weight excluding hydrogens is 296 g/mol. The number of benzene rings is 1. The molecule has 0 aliphatic heterocycles. The first-order valence-corrected chi connectivity index (χ1v) is 5.57. The van der Waals surface area contributed by atoms with Crippen molar-refractivity contribution in [3.63, 3.8) is 0 Å². The normalized spacial score (nSPS) is 11.6. The highest BCUT2D eigenvalue weighted by molar-refractivity contribution is 9.10. The summed E-state index contributed by atoms with van der Waals surface area (Å²) < 4.78 is 36.1. The fraction of sp³-hybridized carbons (Fsp3) is 0.364. The number of nitrogens with zero attached hydrogens (tertiary/aromatic N) is 1. The molecule has 0 amide bonds. The van der Waals surface area contributed by atoms with Crippen molar-refractivity contribution in [2.75, 3.05) is 20.8 Å². The highest BCUT2D eigenvalue weighted by Gasteiger charge is 2.07. The molecule has 0 N–H and O–H groups in total. The minimum Gasteiger partial charge on any atom is -0.354 e. The smallest absolute Gasteiger partial charge is 0.176 e. The SMILES string of the molecule is COC(CN=Cc1cc(F)c(F)cc1Br)OC. The lowest BCUT2D eigenvalue weighted by Gasteiger charge is -2.09. The summed E-state index contributed by atoms with van der Waals surface area (Å²) in [4.78, 5) is 4.02. The van der Waals surface area contributed by atoms with Crippen molar-refractivity contribution in [3.05, 3.63) is 33.8 Å². The lowest BCUT2D eigenvalue weighted by Crippen LogP contribution is -2.16. The van der Waals surface area contributed by atoms with Gasteiger partial charge in [-0.25, -0.2) is 8.78 Å². The Labute approximate surface area is 107 Å². The van der Waals surface area contributed by atoms with Gasteiger partial charge in [0.15, 0.2) is 17.9 Å². The number of hydrogen-bond donors (Lipinski definition) is 0. The lowest BCUT2D eigenvalue weighted by atomic mass is 10.2. The lowest BCUT2D eigenvalue weighted by molar-refractivity contribution is -0.0936. The summed E-state index contributed by atoms with van der Waals surface area (Å²) in [6.07, 6.45) is 0.979. The Morgan fingerprint density at radius 2 is 1.88 bits per heavy atom. The van der Waals surface area contributed by atoms with Crippen LogP contribution < -0.4 is 0 Å². The molecule has 6 heteroatoms. The van der Waals surface area contributed by atoms with Crippen LogP contribution >= 0.6 is 15.9 Å². The van der Waals surface area contributed by atoms with Gasteiger partial charge in [-0.15, -0.1) is 0 Å². The van der Waals surface area contributed by atoms with Crippen LogP contribution in [-0.2, 0) is 9.47 Å². The fourth-order valence-corrected chi connectivity index (χ4v) is 1.54. The van der Waals surface area contributed by atoms with Gasteiger partial charge in [-0.2, -0.15) is 0 Å². The number of hydrogen-bond acceptors (Lipinski definition) is 3. The van der Waals surface area contributed by atoms with Gasteiger partial charge < -0.3 is 9.47 Å². The van der Waals surface area contributed by atoms with Crippen molar-refractivity contribution in [1.82, 2.24) is 0 Å². The van der Waals surface area contributed by atoms with Gasteiger partial charge in [0, 0.05) is 30.5 Å². The van der Waals surface area contributed by atoms with Crippen molar-refractivity contribution in [1.29, 1.82) is 0 Å². The highest BCUT2D eigenvalue weighted by atomic mass is 79.9. The van der Waals surface area contributed by atoms with Gasteiger partial charge in [0.25, 0.3) is 0 Å². The van der Waals surface area contributed by atoms with Crippen LogP contribution in [0.5, 0.6) is 0 Å². The predicted octanol–water partition coefficient (Wildman–Crippen LogP) is 2.77. The molecule has 1 aromatic rings. The van der Waals surface area contributed by atoms with E-state index in [0.717, 1.165) is 12.1 Å². The zero-order chi connectivity index (χ0) is 12.8. The molecule has 0 radical (unpaired) electrons. The molecule has 17 heavy (non-hydrogen) atoms. The van der Waals surface area contributed by atoms with Crippen molar-refractivity contribution >= 4 is 22.1 Å². The Hall–Kier alpha value is -0.850. The number of methoxy groups -OCH3 is 2. The maximum Gasteiger partial charge on any atom is 0.176 e. The molecule has 94 valence electrons. The third kappa shape index (κ3) is 4.14. The highest BCUT2D eigenvalue weighted by Crippen LogP contribution is 2.19. The van der Waals surface area contributed by atoms with Crippen LogP contribution in [0.2, 0.25) is 0 Å². The van der Waals surface area contributed by atoms with E-state index < -0.39 is 17.9 Å². The second kappa shape index (κ2) is 6.78. The Morgan fingerprint density at radius 1 is 1.29 bits per heavy atom. The van der Waals surface area contributed by atoms with Crippen LogP contribution in [0.25, 0.3) is 0 Å². The molecule has 0 atom stereocenters. The average molecular weight is 308 g/mol. The van der Waals surface area contributed by atoms with Crippen LogP contribution in [0.4, 0.5) is 8.78 Å². The second-order valence-electron chi connectivity index (χ2n) is 3.18. The maximum atomic E-state index is 13.0. The van der Waals surface area contributed by atoms with E-state index in [9.17, 15) is 8.78 Å². The van der Waals surface area contributed by atoms with E-state index in [-0.39, 0.29) is 6.54 Å². The summed E-state index contributed by atoms with van der Waals surface area (Å²) >= 11 is 3.12. The third-order valence-electron chi connectivity index (χ3n) is 2.05. The average Bonchev–Trinajstić information content (AvgIpc) is 2.31. The van der Waals surface area contributed by atoms with Crippen LogP contribution in [0.3, 0.4) is 0 Å². The van der Waals surface area contributed by atoms with Crippen LogP contribution in [0.1, 0.15) is 5.56 Å². The van der Waals surface area contributed by atoms with Gasteiger partial charge in [0.2, 0.25) is 0 Å². The number of halogens is 3. The fourth-order valence-electron chi connectivity index (χ4n) is 1.12. The van der Waals surface area contributed by atoms with E-state index in [2.05, 4.69) is 20.9 Å². The van der Waals surface area contributed by atoms with E-state index in [1.807, 2.05) is 0 Å². The van der Waals surface area contributed by atoms with E-state index >= 15 is 0 Å². The topological polar surface area (TPSA) is 30.8 Å². The zero-order valence-corrected chi connectivity index (χ0v) is 11.0. The van der Waals surface area contributed by atoms with Gasteiger partial charge in [-0.3, -0.25) is 4.99 Å². The second-order valence-corrected chi connectivity index (χ2v) is 4.04. The maximum absolute atomic E-state index is 13.0. The van der Waals surface area contributed by atoms with Gasteiger partial charge in [0.1, 0.15) is 0 Å². The summed E-state index contributed by atoms with van der Waals surface area (Å²) in [5.74, 6) is -1.81. The van der Waals surface area contributed by atoms with Crippen LogP contribution in [0.15, 0.2) is 21.6 Å². The molecular formula is C11H12BrF2NO2. The van der Waals surface area contributed by atoms with E-state index in [4.69, 9.17) is 9.47 Å². The molecule has 0 aromatic heterocycles. The van der Waals surface area contributed by atoms with Crippen molar-refractivity contribution in [2.45, 2.75) is 6.29 Å². The Kier molecular flexibility index (Phi) is 5.67. The summed E-state index contributed by atoms with van der Waals surface area (Å²) in [7, 11) is 2.99. The van der Waals surface area contributed by atoms with Gasteiger partial charge in [-0.1, -0.05) is 15.9 Å². The van der Waals surface area contributed by atoms with Crippen LogP contribution in [-0.4, -0.2) is 33.3 Å². The number of rotatable bonds is 5. The molecule has 3 nitrogen and oxygen atoms in total. The van der Waals surface area contributed by atoms with Gasteiger partial charge >= 0.3 is 0 Å². The first-order chi connectivity index (χ1) is 8.08. The predicted molar refractivity (Wildman–Crippen MR) is 64.3 cm³/mol. The van der Waals surface area contributed by atoms with E-state index in [0.29, 0.717) is 10.0 Å². The molecule has 0 saturated carbocycles. The summed E-state index contributed by atoms with van der Waals surface area (Å²) in [5, 5.41) is 0. The molecule has 1 aromatic carbocycles. The van der Waals surface area contributed by atoms with Crippen LogP contribution in [0, 0.1) is 11.6 Å². The molecule has 0 aliphatic carbocycles. The summed E-state index contributed by atoms with van der Waals surface area (Å²) in [6.45, 7) is 0.276. The molecule has 0 fully saturated rings. The first kappa shape index (κ1) is 14.2. The van der Waals surface area contributed by atoms with E-state index in [1.54, 1.807) is 0 Å². The number of ether oxygens (including phenoxy) is 2. The first-order valence-electron chi connectivity index (χ1n) is 4.78. The Bertz CT molecular complexity index is 409. The van der Waals surface area contributed by atoms with Gasteiger partial charge in [-0.05, 0) is 12.1 Å². The standard InChI is InChI=1S/C11H12BrF2NO2/c1-16-11(17-2)6-15-5-7-3-9(13)10(14)4-8(7)12/h3-5,11H,6H2,1-2H3. The largest absolute Gasteiger partial charge is 0.354 e. The third-order valence-corrected chi connectivity index (χ3v) is 2.74. The minimum atomic E-state index is -0.912. The van der Waals surface area contributed by atoms with Gasteiger partial charge in [0.05, 0.1) is 6.54 Å². The molecule has 0 unspecified atom stereocenters. The summed E-state index contributed by atoms with van der Waals surface area (Å²) in [5.41, 5.74) is 0.454. The number of aliphatic imine (C=N–C) groups is 1.